The SMILES string of the molecule is Nc1ccccc1NC(=O)C1CCC(NC(=O)CC2CCCCC2)CC1. The van der Waals surface area contributed by atoms with Crippen molar-refractivity contribution in [2.45, 2.75) is 70.3 Å². The van der Waals surface area contributed by atoms with Crippen molar-refractivity contribution in [3.05, 3.63) is 24.3 Å². The topological polar surface area (TPSA) is 84.2 Å². The van der Waals surface area contributed by atoms with Crippen LogP contribution in [-0.4, -0.2) is 17.9 Å². The highest BCUT2D eigenvalue weighted by atomic mass is 16.2. The summed E-state index contributed by atoms with van der Waals surface area (Å²) < 4.78 is 0. The molecule has 5 nitrogen and oxygen atoms in total. The van der Waals surface area contributed by atoms with Crippen molar-refractivity contribution >= 4 is 23.2 Å². The van der Waals surface area contributed by atoms with E-state index < -0.39 is 0 Å². The van der Waals surface area contributed by atoms with Gasteiger partial charge in [0.05, 0.1) is 11.4 Å². The van der Waals surface area contributed by atoms with E-state index in [0.29, 0.717) is 23.7 Å². The standard InChI is InChI=1S/C21H31N3O2/c22-18-8-4-5-9-19(18)24-21(26)16-10-12-17(13-11-16)23-20(25)14-15-6-2-1-3-7-15/h4-5,8-9,15-17H,1-3,6-7,10-14,22H2,(H,23,25)(H,24,26). The maximum Gasteiger partial charge on any atom is 0.227 e. The molecule has 0 unspecified atom stereocenters. The molecule has 0 spiro atoms. The van der Waals surface area contributed by atoms with Gasteiger partial charge in [-0.05, 0) is 56.6 Å². The van der Waals surface area contributed by atoms with Crippen molar-refractivity contribution in [3.63, 3.8) is 0 Å². The molecule has 1 aromatic rings. The average molecular weight is 357 g/mol. The summed E-state index contributed by atoms with van der Waals surface area (Å²) in [6, 6.07) is 7.55. The molecule has 2 aliphatic rings. The Morgan fingerprint density at radius 2 is 1.65 bits per heavy atom. The van der Waals surface area contributed by atoms with E-state index in [2.05, 4.69) is 10.6 Å². The summed E-state index contributed by atoms with van der Waals surface area (Å²) in [6.45, 7) is 0. The number of nitrogens with two attached hydrogens (primary N) is 1. The second-order valence-electron chi connectivity index (χ2n) is 7.90. The van der Waals surface area contributed by atoms with Crippen LogP contribution in [0.2, 0.25) is 0 Å². The Hall–Kier alpha value is -2.04. The van der Waals surface area contributed by atoms with E-state index >= 15 is 0 Å². The lowest BCUT2D eigenvalue weighted by Gasteiger charge is -2.29. The van der Waals surface area contributed by atoms with Crippen LogP contribution in [0.5, 0.6) is 0 Å². The summed E-state index contributed by atoms with van der Waals surface area (Å²) in [5.41, 5.74) is 7.16. The van der Waals surface area contributed by atoms with E-state index in [1.807, 2.05) is 18.2 Å². The number of amides is 2. The molecule has 0 heterocycles. The smallest absolute Gasteiger partial charge is 0.227 e. The molecule has 0 radical (unpaired) electrons. The van der Waals surface area contributed by atoms with Crippen LogP contribution < -0.4 is 16.4 Å². The van der Waals surface area contributed by atoms with Crippen LogP contribution >= 0.6 is 0 Å². The number of benzene rings is 1. The Labute approximate surface area is 156 Å². The van der Waals surface area contributed by atoms with Crippen LogP contribution in [-0.2, 0) is 9.59 Å². The van der Waals surface area contributed by atoms with Gasteiger partial charge in [0.25, 0.3) is 0 Å². The molecule has 2 saturated carbocycles. The Balaban J connectivity index is 1.40. The summed E-state index contributed by atoms with van der Waals surface area (Å²) >= 11 is 0. The van der Waals surface area contributed by atoms with Gasteiger partial charge in [0.2, 0.25) is 11.8 Å². The first kappa shape index (κ1) is 18.7. The molecule has 3 rings (SSSR count). The Bertz CT molecular complexity index is 617. The maximum atomic E-state index is 12.5. The van der Waals surface area contributed by atoms with Gasteiger partial charge in [-0.1, -0.05) is 31.4 Å². The van der Waals surface area contributed by atoms with Crippen molar-refractivity contribution in [1.82, 2.24) is 5.32 Å². The molecule has 0 aliphatic heterocycles. The summed E-state index contributed by atoms with van der Waals surface area (Å²) in [6.07, 6.45) is 10.3. The number of carbonyl (C=O) groups excluding carboxylic acids is 2. The summed E-state index contributed by atoms with van der Waals surface area (Å²) in [5, 5.41) is 6.13. The van der Waals surface area contributed by atoms with Gasteiger partial charge in [-0.15, -0.1) is 0 Å². The van der Waals surface area contributed by atoms with Gasteiger partial charge in [0, 0.05) is 18.4 Å². The minimum atomic E-state index is 0.00102. The van der Waals surface area contributed by atoms with Crippen molar-refractivity contribution in [3.8, 4) is 0 Å². The van der Waals surface area contributed by atoms with E-state index in [1.165, 1.54) is 32.1 Å². The molecule has 1 aromatic carbocycles. The molecule has 0 atom stereocenters. The second-order valence-corrected chi connectivity index (χ2v) is 7.90. The highest BCUT2D eigenvalue weighted by Gasteiger charge is 2.28. The van der Waals surface area contributed by atoms with Crippen LogP contribution in [0.25, 0.3) is 0 Å². The quantitative estimate of drug-likeness (QED) is 0.700. The van der Waals surface area contributed by atoms with E-state index in [9.17, 15) is 9.59 Å². The number of rotatable bonds is 5. The van der Waals surface area contributed by atoms with E-state index in [0.717, 1.165) is 25.7 Å². The molecule has 4 N–H and O–H groups in total. The zero-order valence-electron chi connectivity index (χ0n) is 15.5. The molecule has 0 saturated heterocycles. The first-order valence-corrected chi connectivity index (χ1v) is 10.1. The number of nitrogens with one attached hydrogen (secondary N) is 2. The minimum absolute atomic E-state index is 0.00102. The molecule has 26 heavy (non-hydrogen) atoms. The number of para-hydroxylation sites is 2. The number of hydrogen-bond donors (Lipinski definition) is 3. The third-order valence-electron chi connectivity index (χ3n) is 5.88. The zero-order valence-corrected chi connectivity index (χ0v) is 15.5. The minimum Gasteiger partial charge on any atom is -0.397 e. The van der Waals surface area contributed by atoms with Crippen molar-refractivity contribution in [2.75, 3.05) is 11.1 Å². The van der Waals surface area contributed by atoms with Crippen LogP contribution in [0, 0.1) is 11.8 Å². The summed E-state index contributed by atoms with van der Waals surface area (Å²) in [7, 11) is 0. The van der Waals surface area contributed by atoms with E-state index in [1.54, 1.807) is 6.07 Å². The van der Waals surface area contributed by atoms with Gasteiger partial charge in [-0.25, -0.2) is 0 Å². The predicted octanol–water partition coefficient (Wildman–Crippen LogP) is 3.85. The normalized spacial score (nSPS) is 24.0. The lowest BCUT2D eigenvalue weighted by atomic mass is 9.84. The van der Waals surface area contributed by atoms with Crippen LogP contribution in [0.4, 0.5) is 11.4 Å². The Kier molecular flexibility index (Phi) is 6.53. The number of carbonyl (C=O) groups is 2. The summed E-state index contributed by atoms with van der Waals surface area (Å²) in [5.74, 6) is 0.806. The molecule has 142 valence electrons. The first-order valence-electron chi connectivity index (χ1n) is 10.1. The van der Waals surface area contributed by atoms with Gasteiger partial charge in [0.1, 0.15) is 0 Å². The van der Waals surface area contributed by atoms with E-state index in [4.69, 9.17) is 5.73 Å². The van der Waals surface area contributed by atoms with Gasteiger partial charge in [-0.2, -0.15) is 0 Å². The maximum absolute atomic E-state index is 12.5. The molecule has 0 aromatic heterocycles. The van der Waals surface area contributed by atoms with Crippen LogP contribution in [0.3, 0.4) is 0 Å². The van der Waals surface area contributed by atoms with Gasteiger partial charge >= 0.3 is 0 Å². The first-order chi connectivity index (χ1) is 12.6. The summed E-state index contributed by atoms with van der Waals surface area (Å²) in [4.78, 5) is 24.7. The number of anilines is 2. The van der Waals surface area contributed by atoms with Gasteiger partial charge in [0.15, 0.2) is 0 Å². The van der Waals surface area contributed by atoms with Crippen molar-refractivity contribution in [2.24, 2.45) is 11.8 Å². The van der Waals surface area contributed by atoms with Crippen LogP contribution in [0.1, 0.15) is 64.2 Å². The number of nitrogen functional groups attached to an aromatic ring is 1. The third-order valence-corrected chi connectivity index (χ3v) is 5.88. The fourth-order valence-corrected chi connectivity index (χ4v) is 4.29. The zero-order chi connectivity index (χ0) is 18.4. The largest absolute Gasteiger partial charge is 0.397 e. The fraction of sp³-hybridized carbons (Fsp3) is 0.619. The Morgan fingerprint density at radius 3 is 2.35 bits per heavy atom. The third kappa shape index (κ3) is 5.23. The molecule has 2 fully saturated rings. The highest BCUT2D eigenvalue weighted by molar-refractivity contribution is 5.95. The fourth-order valence-electron chi connectivity index (χ4n) is 4.29. The number of hydrogen-bond acceptors (Lipinski definition) is 3. The molecular formula is C21H31N3O2. The lowest BCUT2D eigenvalue weighted by Crippen LogP contribution is -2.40. The monoisotopic (exact) mass is 357 g/mol. The molecular weight excluding hydrogens is 326 g/mol. The Morgan fingerprint density at radius 1 is 0.962 bits per heavy atom. The van der Waals surface area contributed by atoms with E-state index in [-0.39, 0.29) is 23.8 Å². The second kappa shape index (κ2) is 9.06. The molecule has 5 heteroatoms. The van der Waals surface area contributed by atoms with Crippen molar-refractivity contribution < 1.29 is 9.59 Å². The van der Waals surface area contributed by atoms with Gasteiger partial charge in [-0.3, -0.25) is 9.59 Å². The van der Waals surface area contributed by atoms with Crippen molar-refractivity contribution in [1.29, 1.82) is 0 Å². The molecule has 2 amide bonds. The predicted molar refractivity (Wildman–Crippen MR) is 105 cm³/mol. The van der Waals surface area contributed by atoms with Crippen LogP contribution in [0.15, 0.2) is 24.3 Å². The van der Waals surface area contributed by atoms with Gasteiger partial charge < -0.3 is 16.4 Å². The molecule has 0 bridgehead atoms. The lowest BCUT2D eigenvalue weighted by molar-refractivity contribution is -0.123. The highest BCUT2D eigenvalue weighted by Crippen LogP contribution is 2.28. The average Bonchev–Trinajstić information content (AvgIpc) is 2.65. The molecule has 2 aliphatic carbocycles.